The van der Waals surface area contributed by atoms with Crippen molar-refractivity contribution >= 4 is 20.2 Å². The molecule has 0 bridgehead atoms. The third-order valence-corrected chi connectivity index (χ3v) is 5.61. The molecule has 0 spiro atoms. The number of hydrogen-bond acceptors (Lipinski definition) is 6. The van der Waals surface area contributed by atoms with Crippen LogP contribution in [0.25, 0.3) is 0 Å². The number of hydrogen-bond donors (Lipinski definition) is 0. The molecule has 0 atom stereocenters. The molecule has 0 aliphatic carbocycles. The van der Waals surface area contributed by atoms with E-state index in [0.29, 0.717) is 11.1 Å². The quantitative estimate of drug-likeness (QED) is 0.530. The van der Waals surface area contributed by atoms with Crippen molar-refractivity contribution in [3.63, 3.8) is 0 Å². The van der Waals surface area contributed by atoms with E-state index in [2.05, 4.69) is 0 Å². The van der Waals surface area contributed by atoms with Gasteiger partial charge in [0.2, 0.25) is 0 Å². The minimum absolute atomic E-state index is 0. The van der Waals surface area contributed by atoms with Gasteiger partial charge in [0.25, 0.3) is 0 Å². The Morgan fingerprint density at radius 2 is 0.920 bits per heavy atom. The predicted molar refractivity (Wildman–Crippen MR) is 87.8 cm³/mol. The van der Waals surface area contributed by atoms with Crippen LogP contribution in [0.15, 0.2) is 46.2 Å². The standard InChI is InChI=1S/2C8H10O3S.Cu/c2*1-6-4-3-5-8(7(6)2)12(9,10)11;/h2*3-5H,1-2H3,(H,9,10,11);/q;;+2/p-2. The van der Waals surface area contributed by atoms with Gasteiger partial charge < -0.3 is 9.11 Å². The van der Waals surface area contributed by atoms with Gasteiger partial charge in [0.15, 0.2) is 0 Å². The predicted octanol–water partition coefficient (Wildman–Crippen LogP) is 2.41. The van der Waals surface area contributed by atoms with Crippen molar-refractivity contribution in [2.24, 2.45) is 0 Å². The van der Waals surface area contributed by atoms with Crippen LogP contribution in [0.4, 0.5) is 0 Å². The molecule has 0 amide bonds. The fourth-order valence-corrected chi connectivity index (χ4v) is 3.55. The van der Waals surface area contributed by atoms with Gasteiger partial charge in [-0.2, -0.15) is 0 Å². The molecular formula is C16H18CuO6S2. The maximum Gasteiger partial charge on any atom is 2.00 e. The molecule has 0 aliphatic rings. The maximum atomic E-state index is 10.7. The molecule has 0 saturated carbocycles. The SMILES string of the molecule is Cc1cccc(S(=O)(=O)[O-])c1C.Cc1cccc(S(=O)(=O)[O-])c1C.[Cu+2]. The van der Waals surface area contributed by atoms with Crippen LogP contribution in [0, 0.1) is 27.7 Å². The average molecular weight is 434 g/mol. The Morgan fingerprint density at radius 1 is 0.640 bits per heavy atom. The maximum absolute atomic E-state index is 10.7. The second-order valence-corrected chi connectivity index (χ2v) is 8.00. The Balaban J connectivity index is 0.000000443. The van der Waals surface area contributed by atoms with E-state index in [1.54, 1.807) is 52.0 Å². The first-order valence-electron chi connectivity index (χ1n) is 6.90. The van der Waals surface area contributed by atoms with Crippen molar-refractivity contribution in [2.45, 2.75) is 37.5 Å². The fraction of sp³-hybridized carbons (Fsp3) is 0.250. The molecule has 9 heteroatoms. The van der Waals surface area contributed by atoms with E-state index in [9.17, 15) is 25.9 Å². The van der Waals surface area contributed by atoms with Crippen LogP contribution in [0.1, 0.15) is 22.3 Å². The van der Waals surface area contributed by atoms with Crippen LogP contribution in [0.3, 0.4) is 0 Å². The first-order chi connectivity index (χ1) is 10.9. The number of rotatable bonds is 2. The summed E-state index contributed by atoms with van der Waals surface area (Å²) in [5, 5.41) is 0. The molecule has 1 radical (unpaired) electrons. The van der Waals surface area contributed by atoms with E-state index in [4.69, 9.17) is 0 Å². The van der Waals surface area contributed by atoms with Gasteiger partial charge in [-0.05, 0) is 62.1 Å². The molecular weight excluding hydrogens is 416 g/mol. The Morgan fingerprint density at radius 3 is 1.12 bits per heavy atom. The monoisotopic (exact) mass is 433 g/mol. The van der Waals surface area contributed by atoms with Crippen LogP contribution >= 0.6 is 0 Å². The molecule has 0 heterocycles. The zero-order valence-electron chi connectivity index (χ0n) is 14.0. The average Bonchev–Trinajstić information content (AvgIpc) is 2.43. The Hall–Kier alpha value is -1.22. The van der Waals surface area contributed by atoms with Crippen LogP contribution in [0.5, 0.6) is 0 Å². The summed E-state index contributed by atoms with van der Waals surface area (Å²) >= 11 is 0. The molecule has 2 rings (SSSR count). The molecule has 0 N–H and O–H groups in total. The molecule has 0 fully saturated rings. The summed E-state index contributed by atoms with van der Waals surface area (Å²) in [7, 11) is -8.61. The van der Waals surface area contributed by atoms with Gasteiger partial charge in [-0.3, -0.25) is 0 Å². The molecule has 0 aromatic heterocycles. The Kier molecular flexibility index (Phi) is 8.50. The van der Waals surface area contributed by atoms with E-state index in [-0.39, 0.29) is 26.9 Å². The minimum Gasteiger partial charge on any atom is -0.744 e. The van der Waals surface area contributed by atoms with E-state index < -0.39 is 20.2 Å². The molecule has 2 aromatic rings. The zero-order valence-corrected chi connectivity index (χ0v) is 16.6. The Bertz CT molecular complexity index is 871. The van der Waals surface area contributed by atoms with E-state index >= 15 is 0 Å². The largest absolute Gasteiger partial charge is 2.00 e. The van der Waals surface area contributed by atoms with E-state index in [1.165, 1.54) is 12.1 Å². The van der Waals surface area contributed by atoms with Crippen molar-refractivity contribution < 1.29 is 43.0 Å². The van der Waals surface area contributed by atoms with Gasteiger partial charge in [-0.25, -0.2) is 16.8 Å². The van der Waals surface area contributed by atoms with Crippen LogP contribution in [-0.2, 0) is 37.3 Å². The van der Waals surface area contributed by atoms with E-state index in [0.717, 1.165) is 11.1 Å². The summed E-state index contributed by atoms with van der Waals surface area (Å²) in [5.41, 5.74) is 2.69. The smallest absolute Gasteiger partial charge is 0.744 e. The first-order valence-corrected chi connectivity index (χ1v) is 9.71. The number of aryl methyl sites for hydroxylation is 2. The van der Waals surface area contributed by atoms with Crippen LogP contribution in [0.2, 0.25) is 0 Å². The summed E-state index contributed by atoms with van der Waals surface area (Å²) < 4.78 is 63.9. The topological polar surface area (TPSA) is 114 Å². The summed E-state index contributed by atoms with van der Waals surface area (Å²) in [5.74, 6) is 0. The molecule has 6 nitrogen and oxygen atoms in total. The third kappa shape index (κ3) is 6.54. The Labute approximate surface area is 159 Å². The molecule has 141 valence electrons. The van der Waals surface area contributed by atoms with Gasteiger partial charge in [0.1, 0.15) is 20.2 Å². The third-order valence-electron chi connectivity index (χ3n) is 3.65. The van der Waals surface area contributed by atoms with Crippen molar-refractivity contribution in [3.8, 4) is 0 Å². The van der Waals surface area contributed by atoms with Gasteiger partial charge in [-0.1, -0.05) is 24.3 Å². The van der Waals surface area contributed by atoms with Crippen molar-refractivity contribution in [2.75, 3.05) is 0 Å². The summed E-state index contributed by atoms with van der Waals surface area (Å²) in [6.45, 7) is 6.79. The van der Waals surface area contributed by atoms with Crippen LogP contribution in [-0.4, -0.2) is 25.9 Å². The first kappa shape index (κ1) is 23.8. The second kappa shape index (κ2) is 8.93. The fourth-order valence-electron chi connectivity index (χ4n) is 1.99. The molecule has 0 aliphatic heterocycles. The second-order valence-electron chi connectivity index (χ2n) is 5.30. The molecule has 0 unspecified atom stereocenters. The summed E-state index contributed by atoms with van der Waals surface area (Å²) in [6.07, 6.45) is 0. The molecule has 2 aromatic carbocycles. The number of benzene rings is 2. The van der Waals surface area contributed by atoms with Gasteiger partial charge in [0, 0.05) is 0 Å². The molecule has 0 saturated heterocycles. The van der Waals surface area contributed by atoms with Gasteiger partial charge >= 0.3 is 17.1 Å². The van der Waals surface area contributed by atoms with Gasteiger partial charge in [-0.15, -0.1) is 0 Å². The van der Waals surface area contributed by atoms with Crippen molar-refractivity contribution in [3.05, 3.63) is 58.7 Å². The van der Waals surface area contributed by atoms with Gasteiger partial charge in [0.05, 0.1) is 9.79 Å². The molecule has 25 heavy (non-hydrogen) atoms. The summed E-state index contributed by atoms with van der Waals surface area (Å²) in [6, 6.07) is 9.31. The van der Waals surface area contributed by atoms with E-state index in [1.807, 2.05) is 0 Å². The zero-order chi connectivity index (χ0) is 18.7. The van der Waals surface area contributed by atoms with Crippen molar-refractivity contribution in [1.82, 2.24) is 0 Å². The normalized spacial score (nSPS) is 11.1. The minimum atomic E-state index is -4.31. The van der Waals surface area contributed by atoms with Crippen molar-refractivity contribution in [1.29, 1.82) is 0 Å². The van der Waals surface area contributed by atoms with Crippen LogP contribution < -0.4 is 0 Å². The summed E-state index contributed by atoms with van der Waals surface area (Å²) in [4.78, 5) is -0.245.